The summed E-state index contributed by atoms with van der Waals surface area (Å²) in [6.07, 6.45) is 5.32. The number of carbonyl (C=O) groups is 1. The number of ether oxygens (including phenoxy) is 1. The van der Waals surface area contributed by atoms with Gasteiger partial charge in [0.15, 0.2) is 0 Å². The van der Waals surface area contributed by atoms with Crippen LogP contribution >= 0.6 is 11.6 Å². The van der Waals surface area contributed by atoms with Crippen LogP contribution in [-0.4, -0.2) is 18.6 Å². The predicted octanol–water partition coefficient (Wildman–Crippen LogP) is 4.89. The first-order chi connectivity index (χ1) is 12.0. The number of hydrogen-bond acceptors (Lipinski definition) is 2. The van der Waals surface area contributed by atoms with Crippen molar-refractivity contribution in [3.05, 3.63) is 70.8 Å². The summed E-state index contributed by atoms with van der Waals surface area (Å²) in [5.74, 6) is 0.801. The molecule has 0 aromatic heterocycles. The van der Waals surface area contributed by atoms with Crippen molar-refractivity contribution in [1.29, 1.82) is 0 Å². The van der Waals surface area contributed by atoms with E-state index in [2.05, 4.69) is 17.4 Å². The predicted molar refractivity (Wildman–Crippen MR) is 104 cm³/mol. The number of carbonyl (C=O) groups excluding carboxylic acids is 1. The lowest BCUT2D eigenvalue weighted by Gasteiger charge is -2.10. The third-order valence-electron chi connectivity index (χ3n) is 3.53. The molecule has 0 aliphatic carbocycles. The number of nitrogens with one attached hydrogen (secondary N) is 1. The minimum atomic E-state index is -0.0874. The van der Waals surface area contributed by atoms with Crippen LogP contribution in [-0.2, 0) is 11.2 Å². The van der Waals surface area contributed by atoms with Crippen LogP contribution in [0.15, 0.2) is 54.6 Å². The zero-order valence-electron chi connectivity index (χ0n) is 14.7. The molecule has 25 heavy (non-hydrogen) atoms. The van der Waals surface area contributed by atoms with Crippen LogP contribution in [0.3, 0.4) is 0 Å². The fourth-order valence-electron chi connectivity index (χ4n) is 2.32. The van der Waals surface area contributed by atoms with E-state index in [0.29, 0.717) is 11.6 Å². The monoisotopic (exact) mass is 357 g/mol. The SMILES string of the molecule is CC(C)Oc1ccc(CCCNC(=O)/C=C/c2ccc(Cl)cc2)cc1. The smallest absolute Gasteiger partial charge is 0.243 e. The average molecular weight is 358 g/mol. The second kappa shape index (κ2) is 9.90. The van der Waals surface area contributed by atoms with Gasteiger partial charge in [0.1, 0.15) is 5.75 Å². The van der Waals surface area contributed by atoms with Gasteiger partial charge < -0.3 is 10.1 Å². The van der Waals surface area contributed by atoms with Gasteiger partial charge >= 0.3 is 0 Å². The quantitative estimate of drug-likeness (QED) is 0.539. The first-order valence-corrected chi connectivity index (χ1v) is 8.88. The van der Waals surface area contributed by atoms with Gasteiger partial charge in [0, 0.05) is 17.6 Å². The Balaban J connectivity index is 1.68. The molecule has 0 heterocycles. The summed E-state index contributed by atoms with van der Waals surface area (Å²) < 4.78 is 5.62. The molecule has 0 saturated carbocycles. The summed E-state index contributed by atoms with van der Waals surface area (Å²) in [6.45, 7) is 4.67. The van der Waals surface area contributed by atoms with Crippen LogP contribution in [0.4, 0.5) is 0 Å². The van der Waals surface area contributed by atoms with Crippen molar-refractivity contribution in [2.24, 2.45) is 0 Å². The topological polar surface area (TPSA) is 38.3 Å². The Morgan fingerprint density at radius 1 is 1.12 bits per heavy atom. The van der Waals surface area contributed by atoms with Gasteiger partial charge in [-0.2, -0.15) is 0 Å². The van der Waals surface area contributed by atoms with E-state index in [0.717, 1.165) is 24.2 Å². The standard InChI is InChI=1S/C21H24ClNO2/c1-16(2)25-20-12-7-17(8-13-20)4-3-15-23-21(24)14-9-18-5-10-19(22)11-6-18/h5-14,16H,3-4,15H2,1-2H3,(H,23,24)/b14-9+. The molecule has 0 aliphatic heterocycles. The van der Waals surface area contributed by atoms with E-state index in [1.165, 1.54) is 5.56 Å². The molecule has 132 valence electrons. The molecule has 2 aromatic rings. The highest BCUT2D eigenvalue weighted by atomic mass is 35.5. The number of aryl methyl sites for hydroxylation is 1. The molecule has 0 atom stereocenters. The third kappa shape index (κ3) is 7.44. The lowest BCUT2D eigenvalue weighted by molar-refractivity contribution is -0.116. The Labute approximate surface area is 154 Å². The van der Waals surface area contributed by atoms with Crippen molar-refractivity contribution in [3.63, 3.8) is 0 Å². The maximum Gasteiger partial charge on any atom is 0.243 e. The van der Waals surface area contributed by atoms with E-state index in [4.69, 9.17) is 16.3 Å². The Kier molecular flexibility index (Phi) is 7.55. The summed E-state index contributed by atoms with van der Waals surface area (Å²) in [5, 5.41) is 3.58. The van der Waals surface area contributed by atoms with Crippen molar-refractivity contribution in [2.75, 3.05) is 6.54 Å². The number of hydrogen-bond donors (Lipinski definition) is 1. The molecular formula is C21H24ClNO2. The largest absolute Gasteiger partial charge is 0.491 e. The van der Waals surface area contributed by atoms with Gasteiger partial charge in [-0.05, 0) is 68.2 Å². The van der Waals surface area contributed by atoms with Crippen LogP contribution in [0.25, 0.3) is 6.08 Å². The number of amides is 1. The Morgan fingerprint density at radius 3 is 2.44 bits per heavy atom. The molecule has 0 saturated heterocycles. The minimum absolute atomic E-state index is 0.0874. The van der Waals surface area contributed by atoms with Crippen molar-refractivity contribution in [2.45, 2.75) is 32.8 Å². The van der Waals surface area contributed by atoms with E-state index in [9.17, 15) is 4.79 Å². The fourth-order valence-corrected chi connectivity index (χ4v) is 2.44. The molecule has 0 spiro atoms. The molecule has 2 rings (SSSR count). The highest BCUT2D eigenvalue weighted by Gasteiger charge is 1.99. The van der Waals surface area contributed by atoms with Gasteiger partial charge in [-0.25, -0.2) is 0 Å². The van der Waals surface area contributed by atoms with E-state index >= 15 is 0 Å². The van der Waals surface area contributed by atoms with E-state index in [1.807, 2.05) is 38.1 Å². The van der Waals surface area contributed by atoms with Gasteiger partial charge in [0.05, 0.1) is 6.10 Å². The van der Waals surface area contributed by atoms with Crippen molar-refractivity contribution >= 4 is 23.6 Å². The van der Waals surface area contributed by atoms with Crippen LogP contribution in [0.5, 0.6) is 5.75 Å². The first-order valence-electron chi connectivity index (χ1n) is 8.50. The molecule has 4 heteroatoms. The van der Waals surface area contributed by atoms with Crippen molar-refractivity contribution in [1.82, 2.24) is 5.32 Å². The summed E-state index contributed by atoms with van der Waals surface area (Å²) >= 11 is 5.83. The zero-order chi connectivity index (χ0) is 18.1. The minimum Gasteiger partial charge on any atom is -0.491 e. The highest BCUT2D eigenvalue weighted by molar-refractivity contribution is 6.30. The molecule has 3 nitrogen and oxygen atoms in total. The number of halogens is 1. The highest BCUT2D eigenvalue weighted by Crippen LogP contribution is 2.14. The summed E-state index contributed by atoms with van der Waals surface area (Å²) in [4.78, 5) is 11.8. The molecule has 0 fully saturated rings. The Hall–Kier alpha value is -2.26. The van der Waals surface area contributed by atoms with Gasteiger partial charge in [0.2, 0.25) is 5.91 Å². The maximum absolute atomic E-state index is 11.8. The Bertz CT molecular complexity index is 691. The van der Waals surface area contributed by atoms with Crippen LogP contribution in [0, 0.1) is 0 Å². The van der Waals surface area contributed by atoms with Crippen LogP contribution in [0.2, 0.25) is 5.02 Å². The fraction of sp³-hybridized carbons (Fsp3) is 0.286. The summed E-state index contributed by atoms with van der Waals surface area (Å²) in [5.41, 5.74) is 2.19. The first kappa shape index (κ1) is 19.1. The van der Waals surface area contributed by atoms with E-state index in [1.54, 1.807) is 24.3 Å². The number of rotatable bonds is 8. The van der Waals surface area contributed by atoms with Crippen LogP contribution < -0.4 is 10.1 Å². The second-order valence-electron chi connectivity index (χ2n) is 6.09. The summed E-state index contributed by atoms with van der Waals surface area (Å²) in [6, 6.07) is 15.5. The van der Waals surface area contributed by atoms with Gasteiger partial charge in [-0.1, -0.05) is 35.9 Å². The third-order valence-corrected chi connectivity index (χ3v) is 3.79. The van der Waals surface area contributed by atoms with Crippen molar-refractivity contribution < 1.29 is 9.53 Å². The Morgan fingerprint density at radius 2 is 1.80 bits per heavy atom. The molecule has 0 unspecified atom stereocenters. The second-order valence-corrected chi connectivity index (χ2v) is 6.53. The van der Waals surface area contributed by atoms with E-state index in [-0.39, 0.29) is 12.0 Å². The van der Waals surface area contributed by atoms with Gasteiger partial charge in [0.25, 0.3) is 0 Å². The average Bonchev–Trinajstić information content (AvgIpc) is 2.59. The maximum atomic E-state index is 11.8. The molecule has 0 radical (unpaired) electrons. The molecule has 0 bridgehead atoms. The normalized spacial score (nSPS) is 11.0. The molecule has 2 aromatic carbocycles. The zero-order valence-corrected chi connectivity index (χ0v) is 15.4. The lowest BCUT2D eigenvalue weighted by atomic mass is 10.1. The van der Waals surface area contributed by atoms with Crippen molar-refractivity contribution in [3.8, 4) is 5.75 Å². The molecule has 1 amide bonds. The molecule has 1 N–H and O–H groups in total. The molecular weight excluding hydrogens is 334 g/mol. The van der Waals surface area contributed by atoms with Crippen LogP contribution in [0.1, 0.15) is 31.4 Å². The lowest BCUT2D eigenvalue weighted by Crippen LogP contribution is -2.22. The summed E-state index contributed by atoms with van der Waals surface area (Å²) in [7, 11) is 0. The van der Waals surface area contributed by atoms with Gasteiger partial charge in [-0.3, -0.25) is 4.79 Å². The molecule has 0 aliphatic rings. The van der Waals surface area contributed by atoms with Gasteiger partial charge in [-0.15, -0.1) is 0 Å². The van der Waals surface area contributed by atoms with E-state index < -0.39 is 0 Å². The number of benzene rings is 2.